The van der Waals surface area contributed by atoms with Gasteiger partial charge in [0.2, 0.25) is 0 Å². The maximum Gasteiger partial charge on any atom is 0.0233 e. The molecule has 0 radical (unpaired) electrons. The lowest BCUT2D eigenvalue weighted by molar-refractivity contribution is 0.134. The Morgan fingerprint density at radius 3 is 1.81 bits per heavy atom. The van der Waals surface area contributed by atoms with Crippen molar-refractivity contribution in [1.29, 1.82) is 0 Å². The molecule has 2 aliphatic rings. The smallest absolute Gasteiger partial charge is 0.0233 e. The molecule has 32 heavy (non-hydrogen) atoms. The minimum absolute atomic E-state index is 0.453. The fourth-order valence-corrected chi connectivity index (χ4v) is 5.31. The molecule has 2 heterocycles. The van der Waals surface area contributed by atoms with Crippen molar-refractivity contribution in [3.63, 3.8) is 0 Å². The van der Waals surface area contributed by atoms with Gasteiger partial charge in [-0.3, -0.25) is 4.90 Å². The van der Waals surface area contributed by atoms with Crippen LogP contribution < -0.4 is 0 Å². The van der Waals surface area contributed by atoms with Gasteiger partial charge in [0.05, 0.1) is 0 Å². The molecule has 3 aromatic carbocycles. The van der Waals surface area contributed by atoms with E-state index in [0.29, 0.717) is 5.41 Å². The van der Waals surface area contributed by atoms with Crippen molar-refractivity contribution in [2.75, 3.05) is 32.7 Å². The summed E-state index contributed by atoms with van der Waals surface area (Å²) in [6.07, 6.45) is 3.96. The van der Waals surface area contributed by atoms with Gasteiger partial charge >= 0.3 is 0 Å². The van der Waals surface area contributed by atoms with Crippen molar-refractivity contribution < 1.29 is 0 Å². The second-order valence-electron chi connectivity index (χ2n) is 9.87. The maximum atomic E-state index is 2.73. The summed E-state index contributed by atoms with van der Waals surface area (Å²) in [6, 6.07) is 34.0. The molecule has 0 spiro atoms. The Bertz CT molecular complexity index is 861. The molecule has 5 rings (SSSR count). The van der Waals surface area contributed by atoms with Crippen molar-refractivity contribution in [3.05, 3.63) is 108 Å². The summed E-state index contributed by atoms with van der Waals surface area (Å²) >= 11 is 0. The van der Waals surface area contributed by atoms with Gasteiger partial charge in [0.1, 0.15) is 0 Å². The zero-order valence-corrected chi connectivity index (χ0v) is 19.6. The molecular weight excluding hydrogens is 388 g/mol. The van der Waals surface area contributed by atoms with Gasteiger partial charge in [0.15, 0.2) is 0 Å². The Labute approximate surface area is 194 Å². The molecule has 3 aromatic rings. The zero-order valence-electron chi connectivity index (χ0n) is 19.6. The van der Waals surface area contributed by atoms with Gasteiger partial charge < -0.3 is 4.90 Å². The van der Waals surface area contributed by atoms with Crippen molar-refractivity contribution in [2.45, 2.75) is 38.6 Å². The molecule has 0 aliphatic carbocycles. The number of likely N-dealkylation sites (tertiary alicyclic amines) is 2. The summed E-state index contributed by atoms with van der Waals surface area (Å²) < 4.78 is 0. The molecule has 1 atom stereocenters. The van der Waals surface area contributed by atoms with Crippen LogP contribution in [0.5, 0.6) is 0 Å². The Morgan fingerprint density at radius 1 is 0.688 bits per heavy atom. The SMILES string of the molecule is C[C@@]1(CN2CCC(c3ccccc3)CC2)CCN(Cc2ccccc2)C1.c1ccccc1. The van der Waals surface area contributed by atoms with Crippen molar-refractivity contribution >= 4 is 0 Å². The predicted molar refractivity (Wildman–Crippen MR) is 136 cm³/mol. The van der Waals surface area contributed by atoms with Gasteiger partial charge in [0, 0.05) is 19.6 Å². The first kappa shape index (κ1) is 22.8. The topological polar surface area (TPSA) is 6.48 Å². The molecule has 0 bridgehead atoms. The standard InChI is InChI=1S/C24H32N2.C6H6/c1-24(14-17-26(20-24)18-21-8-4-2-5-9-21)19-25-15-12-23(13-16-25)22-10-6-3-7-11-22;1-2-4-6-5-3-1/h2-11,23H,12-20H2,1H3;1-6H/t24-;/m0./s1. The quantitative estimate of drug-likeness (QED) is 0.462. The Balaban J connectivity index is 0.000000354. The van der Waals surface area contributed by atoms with Crippen LogP contribution in [0.15, 0.2) is 97.1 Å². The highest BCUT2D eigenvalue weighted by atomic mass is 15.2. The van der Waals surface area contributed by atoms with E-state index < -0.39 is 0 Å². The second kappa shape index (κ2) is 11.4. The minimum atomic E-state index is 0.453. The van der Waals surface area contributed by atoms with E-state index in [1.165, 1.54) is 63.1 Å². The van der Waals surface area contributed by atoms with Gasteiger partial charge in [-0.05, 0) is 61.4 Å². The third-order valence-electron chi connectivity index (χ3n) is 7.02. The minimum Gasteiger partial charge on any atom is -0.303 e. The monoisotopic (exact) mass is 426 g/mol. The molecule has 0 saturated carbocycles. The van der Waals surface area contributed by atoms with Crippen LogP contribution in [0.3, 0.4) is 0 Å². The molecule has 0 unspecified atom stereocenters. The van der Waals surface area contributed by atoms with E-state index in [9.17, 15) is 0 Å². The second-order valence-corrected chi connectivity index (χ2v) is 9.87. The third-order valence-corrected chi connectivity index (χ3v) is 7.02. The summed E-state index contributed by atoms with van der Waals surface area (Å²) in [6.45, 7) is 9.86. The predicted octanol–water partition coefficient (Wildman–Crippen LogP) is 6.46. The van der Waals surface area contributed by atoms with Crippen molar-refractivity contribution in [1.82, 2.24) is 9.80 Å². The Kier molecular flexibility index (Phi) is 8.14. The van der Waals surface area contributed by atoms with Crippen LogP contribution in [0, 0.1) is 5.41 Å². The summed E-state index contributed by atoms with van der Waals surface area (Å²) in [4.78, 5) is 5.37. The van der Waals surface area contributed by atoms with Crippen LogP contribution in [0.1, 0.15) is 43.2 Å². The third kappa shape index (κ3) is 6.79. The lowest BCUT2D eigenvalue weighted by Gasteiger charge is -2.37. The number of hydrogen-bond acceptors (Lipinski definition) is 2. The lowest BCUT2D eigenvalue weighted by Crippen LogP contribution is -2.41. The summed E-state index contributed by atoms with van der Waals surface area (Å²) in [5.41, 5.74) is 3.43. The first-order valence-electron chi connectivity index (χ1n) is 12.2. The Morgan fingerprint density at radius 2 is 1.22 bits per heavy atom. The van der Waals surface area contributed by atoms with Gasteiger partial charge in [-0.1, -0.05) is 104 Å². The number of piperidine rings is 1. The van der Waals surface area contributed by atoms with E-state index in [0.717, 1.165) is 12.5 Å². The zero-order chi connectivity index (χ0) is 22.1. The van der Waals surface area contributed by atoms with Gasteiger partial charge in [-0.2, -0.15) is 0 Å². The average molecular weight is 427 g/mol. The van der Waals surface area contributed by atoms with Gasteiger partial charge in [-0.25, -0.2) is 0 Å². The molecule has 0 aromatic heterocycles. The van der Waals surface area contributed by atoms with Crippen LogP contribution in [0.4, 0.5) is 0 Å². The number of rotatable bonds is 5. The highest BCUT2D eigenvalue weighted by Gasteiger charge is 2.36. The van der Waals surface area contributed by atoms with Gasteiger partial charge in [-0.15, -0.1) is 0 Å². The first-order chi connectivity index (χ1) is 15.7. The number of benzene rings is 3. The van der Waals surface area contributed by atoms with E-state index in [2.05, 4.69) is 77.4 Å². The number of nitrogens with zero attached hydrogens (tertiary/aromatic N) is 2. The van der Waals surface area contributed by atoms with Crippen molar-refractivity contribution in [2.24, 2.45) is 5.41 Å². The van der Waals surface area contributed by atoms with Crippen LogP contribution in [0.25, 0.3) is 0 Å². The van der Waals surface area contributed by atoms with E-state index >= 15 is 0 Å². The largest absolute Gasteiger partial charge is 0.303 e. The van der Waals surface area contributed by atoms with Crippen LogP contribution in [-0.2, 0) is 6.54 Å². The van der Waals surface area contributed by atoms with Crippen LogP contribution in [-0.4, -0.2) is 42.5 Å². The summed E-state index contributed by atoms with van der Waals surface area (Å²) in [5.74, 6) is 0.762. The van der Waals surface area contributed by atoms with Crippen LogP contribution in [0.2, 0.25) is 0 Å². The Hall–Kier alpha value is -2.42. The fourth-order valence-electron chi connectivity index (χ4n) is 5.31. The lowest BCUT2D eigenvalue weighted by atomic mass is 9.86. The molecule has 2 aliphatic heterocycles. The molecule has 0 N–H and O–H groups in total. The normalized spacial score (nSPS) is 22.3. The molecule has 168 valence electrons. The summed E-state index contributed by atoms with van der Waals surface area (Å²) in [7, 11) is 0. The van der Waals surface area contributed by atoms with E-state index in [4.69, 9.17) is 0 Å². The molecule has 2 nitrogen and oxygen atoms in total. The maximum absolute atomic E-state index is 2.73. The fraction of sp³-hybridized carbons (Fsp3) is 0.400. The number of hydrogen-bond donors (Lipinski definition) is 0. The van der Waals surface area contributed by atoms with E-state index in [-0.39, 0.29) is 0 Å². The highest BCUT2D eigenvalue weighted by Crippen LogP contribution is 2.34. The molecule has 2 heteroatoms. The summed E-state index contributed by atoms with van der Waals surface area (Å²) in [5, 5.41) is 0. The average Bonchev–Trinajstić information content (AvgIpc) is 3.22. The molecule has 2 fully saturated rings. The first-order valence-corrected chi connectivity index (χ1v) is 12.2. The van der Waals surface area contributed by atoms with Gasteiger partial charge in [0.25, 0.3) is 0 Å². The highest BCUT2D eigenvalue weighted by molar-refractivity contribution is 5.20. The van der Waals surface area contributed by atoms with Crippen LogP contribution >= 0.6 is 0 Å². The van der Waals surface area contributed by atoms with E-state index in [1.54, 1.807) is 0 Å². The van der Waals surface area contributed by atoms with E-state index in [1.807, 2.05) is 36.4 Å². The molecule has 2 saturated heterocycles. The molecular formula is C30H38N2. The van der Waals surface area contributed by atoms with Crippen molar-refractivity contribution in [3.8, 4) is 0 Å². The molecule has 0 amide bonds.